The summed E-state index contributed by atoms with van der Waals surface area (Å²) in [5.74, 6) is -0.910. The number of hydrogen-bond donors (Lipinski definition) is 2. The predicted molar refractivity (Wildman–Crippen MR) is 168 cm³/mol. The Kier molecular flexibility index (Phi) is 9.49. The summed E-state index contributed by atoms with van der Waals surface area (Å²) in [6.45, 7) is 7.18. The highest BCUT2D eigenvalue weighted by Gasteiger charge is 2.21. The van der Waals surface area contributed by atoms with Gasteiger partial charge in [-0.15, -0.1) is 0 Å². The number of nitrogens with zero attached hydrogens (tertiary/aromatic N) is 6. The van der Waals surface area contributed by atoms with Gasteiger partial charge in [-0.1, -0.05) is 0 Å². The Morgan fingerprint density at radius 1 is 1.04 bits per heavy atom. The van der Waals surface area contributed by atoms with E-state index < -0.39 is 17.3 Å². The standard InChI is InChI=1S/C32H31FN8O4/c1-4-28(25-16-26(35-19-27(25)34-2)30(43)38-21-11-14-40(3)15-12-21)45-23-17-36-32(37-18-23)39-29(42)24-6-5-13-41(31(24)44)22-9-7-20(33)8-10-22/h4-10,13,16-19,21H,2,11-12,14-15H2,1,3H3,(H,38,43)(H,36,37,39,42)/b28-4+. The molecule has 13 heteroatoms. The molecular formula is C32H31FN8O4. The van der Waals surface area contributed by atoms with Crippen LogP contribution in [-0.2, 0) is 0 Å². The summed E-state index contributed by atoms with van der Waals surface area (Å²) in [5, 5.41) is 5.56. The third-order valence-corrected chi connectivity index (χ3v) is 7.25. The fourth-order valence-corrected chi connectivity index (χ4v) is 4.78. The van der Waals surface area contributed by atoms with Gasteiger partial charge in [0.1, 0.15) is 22.8 Å². The summed E-state index contributed by atoms with van der Waals surface area (Å²) in [5.41, 5.74) is 0.783. The summed E-state index contributed by atoms with van der Waals surface area (Å²) in [7, 11) is 2.06. The van der Waals surface area contributed by atoms with Crippen molar-refractivity contribution in [1.29, 1.82) is 0 Å². The van der Waals surface area contributed by atoms with E-state index in [1.54, 1.807) is 19.1 Å². The fraction of sp³-hybridized carbons (Fsp3) is 0.219. The molecule has 1 fully saturated rings. The van der Waals surface area contributed by atoms with Gasteiger partial charge in [-0.3, -0.25) is 29.3 Å². The van der Waals surface area contributed by atoms with Crippen molar-refractivity contribution in [3.8, 4) is 11.4 Å². The molecule has 1 aliphatic rings. The van der Waals surface area contributed by atoms with Gasteiger partial charge in [0.05, 0.1) is 24.3 Å². The molecule has 0 unspecified atom stereocenters. The lowest BCUT2D eigenvalue weighted by atomic mass is 10.1. The molecule has 2 N–H and O–H groups in total. The zero-order valence-electron chi connectivity index (χ0n) is 24.7. The number of likely N-dealkylation sites (tertiary alicyclic amines) is 1. The normalized spacial score (nSPS) is 14.1. The molecular weight excluding hydrogens is 579 g/mol. The van der Waals surface area contributed by atoms with E-state index in [-0.39, 0.29) is 34.9 Å². The molecule has 4 heterocycles. The lowest BCUT2D eigenvalue weighted by molar-refractivity contribution is 0.0911. The summed E-state index contributed by atoms with van der Waals surface area (Å²) in [6.07, 6.45) is 9.06. The van der Waals surface area contributed by atoms with E-state index in [9.17, 15) is 18.8 Å². The smallest absolute Gasteiger partial charge is 0.270 e. The van der Waals surface area contributed by atoms with E-state index in [0.29, 0.717) is 22.7 Å². The third kappa shape index (κ3) is 7.33. The van der Waals surface area contributed by atoms with Crippen molar-refractivity contribution in [2.45, 2.75) is 25.8 Å². The van der Waals surface area contributed by atoms with Crippen molar-refractivity contribution in [1.82, 2.24) is 29.7 Å². The molecule has 0 saturated carbocycles. The Balaban J connectivity index is 1.28. The van der Waals surface area contributed by atoms with Gasteiger partial charge < -0.3 is 15.0 Å². The number of carbonyl (C=O) groups excluding carboxylic acids is 2. The average Bonchev–Trinajstić information content (AvgIpc) is 3.05. The molecule has 0 bridgehead atoms. The van der Waals surface area contributed by atoms with Crippen LogP contribution in [0, 0.1) is 5.82 Å². The second-order valence-electron chi connectivity index (χ2n) is 10.3. The molecule has 5 rings (SSSR count). The van der Waals surface area contributed by atoms with E-state index in [0.717, 1.165) is 25.9 Å². The van der Waals surface area contributed by atoms with E-state index in [4.69, 9.17) is 4.74 Å². The lowest BCUT2D eigenvalue weighted by Crippen LogP contribution is -2.43. The lowest BCUT2D eigenvalue weighted by Gasteiger charge is -2.29. The van der Waals surface area contributed by atoms with Crippen molar-refractivity contribution >= 4 is 35.9 Å². The summed E-state index contributed by atoms with van der Waals surface area (Å²) >= 11 is 0. The van der Waals surface area contributed by atoms with Crippen LogP contribution in [0.3, 0.4) is 0 Å². The van der Waals surface area contributed by atoms with Crippen molar-refractivity contribution in [2.24, 2.45) is 4.99 Å². The van der Waals surface area contributed by atoms with E-state index >= 15 is 0 Å². The molecule has 1 aromatic carbocycles. The number of nitrogens with one attached hydrogen (secondary N) is 2. The van der Waals surface area contributed by atoms with Gasteiger partial charge in [-0.25, -0.2) is 19.3 Å². The highest BCUT2D eigenvalue weighted by atomic mass is 19.1. The number of aromatic nitrogens is 4. The molecule has 4 aromatic rings. The van der Waals surface area contributed by atoms with Crippen LogP contribution in [0.15, 0.2) is 83.1 Å². The van der Waals surface area contributed by atoms with Crippen molar-refractivity contribution in [3.05, 3.63) is 106 Å². The second kappa shape index (κ2) is 13.8. The number of piperidine rings is 1. The Morgan fingerprint density at radius 3 is 2.42 bits per heavy atom. The number of rotatable bonds is 9. The molecule has 1 aliphatic heterocycles. The first-order valence-corrected chi connectivity index (χ1v) is 14.2. The van der Waals surface area contributed by atoms with Crippen LogP contribution in [0.1, 0.15) is 46.2 Å². The number of allylic oxidation sites excluding steroid dienone is 1. The highest BCUT2D eigenvalue weighted by molar-refractivity contribution is 6.03. The molecule has 0 aliphatic carbocycles. The Morgan fingerprint density at radius 2 is 1.76 bits per heavy atom. The Hall–Kier alpha value is -5.56. The first-order valence-electron chi connectivity index (χ1n) is 14.2. The van der Waals surface area contributed by atoms with Gasteiger partial charge in [0.25, 0.3) is 17.4 Å². The van der Waals surface area contributed by atoms with Crippen LogP contribution in [0.5, 0.6) is 5.75 Å². The Bertz CT molecular complexity index is 1800. The van der Waals surface area contributed by atoms with Gasteiger partial charge in [0.15, 0.2) is 5.75 Å². The maximum absolute atomic E-state index is 13.3. The van der Waals surface area contributed by atoms with Crippen LogP contribution >= 0.6 is 0 Å². The molecule has 1 saturated heterocycles. The number of halogens is 1. The van der Waals surface area contributed by atoms with Gasteiger partial charge in [-0.2, -0.15) is 0 Å². The molecule has 2 amide bonds. The number of ether oxygens (including phenoxy) is 1. The van der Waals surface area contributed by atoms with Crippen LogP contribution in [0.2, 0.25) is 0 Å². The Labute approximate surface area is 258 Å². The minimum atomic E-state index is -0.719. The minimum Gasteiger partial charge on any atom is -0.454 e. The highest BCUT2D eigenvalue weighted by Crippen LogP contribution is 2.29. The van der Waals surface area contributed by atoms with Crippen LogP contribution < -0.4 is 20.9 Å². The maximum Gasteiger partial charge on any atom is 0.270 e. The second-order valence-corrected chi connectivity index (χ2v) is 10.3. The largest absolute Gasteiger partial charge is 0.454 e. The van der Waals surface area contributed by atoms with Crippen molar-refractivity contribution in [2.75, 3.05) is 25.5 Å². The molecule has 0 radical (unpaired) electrons. The topological polar surface area (TPSA) is 144 Å². The van der Waals surface area contributed by atoms with Crippen LogP contribution in [0.4, 0.5) is 16.0 Å². The van der Waals surface area contributed by atoms with Gasteiger partial charge >= 0.3 is 0 Å². The van der Waals surface area contributed by atoms with Gasteiger partial charge in [0.2, 0.25) is 5.95 Å². The molecule has 0 atom stereocenters. The number of anilines is 1. The number of benzene rings is 1. The number of carbonyl (C=O) groups is 2. The van der Waals surface area contributed by atoms with E-state index in [2.05, 4.69) is 49.2 Å². The summed E-state index contributed by atoms with van der Waals surface area (Å²) in [6, 6.07) is 9.89. The van der Waals surface area contributed by atoms with Crippen molar-refractivity contribution in [3.63, 3.8) is 0 Å². The number of hydrogen-bond acceptors (Lipinski definition) is 9. The van der Waals surface area contributed by atoms with E-state index in [1.165, 1.54) is 65.8 Å². The van der Waals surface area contributed by atoms with Gasteiger partial charge in [-0.05, 0) is 95.2 Å². The quantitative estimate of drug-likeness (QED) is 0.214. The van der Waals surface area contributed by atoms with Crippen molar-refractivity contribution < 1.29 is 18.7 Å². The van der Waals surface area contributed by atoms with Crippen LogP contribution in [-0.4, -0.2) is 69.1 Å². The maximum atomic E-state index is 13.3. The predicted octanol–water partition coefficient (Wildman–Crippen LogP) is 4.01. The fourth-order valence-electron chi connectivity index (χ4n) is 4.78. The van der Waals surface area contributed by atoms with Crippen LogP contribution in [0.25, 0.3) is 11.4 Å². The first kappa shape index (κ1) is 30.9. The zero-order chi connectivity index (χ0) is 31.9. The summed E-state index contributed by atoms with van der Waals surface area (Å²) in [4.78, 5) is 57.6. The number of aliphatic imine (C=N–C) groups is 1. The minimum absolute atomic E-state index is 0.0591. The molecule has 12 nitrogen and oxygen atoms in total. The zero-order valence-corrected chi connectivity index (χ0v) is 24.7. The SMILES string of the molecule is C=Nc1cnc(C(=O)NC2CCN(C)CC2)cc1/C(=C\C)Oc1cnc(NC(=O)c2cccn(-c3ccc(F)cc3)c2=O)nc1. The molecule has 0 spiro atoms. The molecule has 230 valence electrons. The number of pyridine rings is 2. The molecule has 45 heavy (non-hydrogen) atoms. The average molecular weight is 611 g/mol. The van der Waals surface area contributed by atoms with Gasteiger partial charge in [0, 0.05) is 23.5 Å². The number of amides is 2. The van der Waals surface area contributed by atoms with E-state index in [1.807, 2.05) is 0 Å². The first-order chi connectivity index (χ1) is 21.7. The third-order valence-electron chi connectivity index (χ3n) is 7.25. The monoisotopic (exact) mass is 610 g/mol. The molecule has 3 aromatic heterocycles. The summed E-state index contributed by atoms with van der Waals surface area (Å²) < 4.78 is 20.6.